The number of hydrogen-bond donors (Lipinski definition) is 2. The Hall–Kier alpha value is -4.97. The summed E-state index contributed by atoms with van der Waals surface area (Å²) in [6, 6.07) is 17.4. The number of hydrogen-bond acceptors (Lipinski definition) is 7. The van der Waals surface area contributed by atoms with Gasteiger partial charge in [-0.25, -0.2) is 9.97 Å². The van der Waals surface area contributed by atoms with E-state index in [9.17, 15) is 22.8 Å². The zero-order chi connectivity index (χ0) is 32.1. The Morgan fingerprint density at radius 2 is 1.72 bits per heavy atom. The topological polar surface area (TPSA) is 99.7 Å². The minimum atomic E-state index is -4.56. The third-order valence-electron chi connectivity index (χ3n) is 8.76. The van der Waals surface area contributed by atoms with E-state index in [0.717, 1.165) is 53.4 Å². The van der Waals surface area contributed by atoms with Gasteiger partial charge in [0.2, 0.25) is 11.9 Å². The number of carbonyl (C=O) groups excluding carboxylic acids is 2. The number of halogens is 3. The molecule has 1 aliphatic carbocycles. The Bertz CT molecular complexity index is 1820. The molecule has 0 unspecified atom stereocenters. The molecule has 2 fully saturated rings. The smallest absolute Gasteiger partial charge is 0.378 e. The highest BCUT2D eigenvalue weighted by molar-refractivity contribution is 6.07. The summed E-state index contributed by atoms with van der Waals surface area (Å²) in [7, 11) is 0. The summed E-state index contributed by atoms with van der Waals surface area (Å²) in [5.74, 6) is -0.344. The van der Waals surface area contributed by atoms with Gasteiger partial charge in [-0.05, 0) is 79.9 Å². The molecule has 2 amide bonds. The van der Waals surface area contributed by atoms with Crippen LogP contribution in [0.4, 0.5) is 41.9 Å². The van der Waals surface area contributed by atoms with Crippen LogP contribution in [0.5, 0.6) is 0 Å². The molecule has 2 N–H and O–H groups in total. The van der Waals surface area contributed by atoms with E-state index in [1.54, 1.807) is 29.3 Å². The van der Waals surface area contributed by atoms with Crippen molar-refractivity contribution in [2.45, 2.75) is 37.9 Å². The lowest BCUT2D eigenvalue weighted by Gasteiger charge is -2.34. The van der Waals surface area contributed by atoms with Gasteiger partial charge in [-0.1, -0.05) is 12.1 Å². The molecule has 0 bridgehead atoms. The summed E-state index contributed by atoms with van der Waals surface area (Å²) in [6.07, 6.45) is -1.50. The van der Waals surface area contributed by atoms with Crippen molar-refractivity contribution in [1.82, 2.24) is 9.97 Å². The molecule has 1 aromatic heterocycles. The molecule has 46 heavy (non-hydrogen) atoms. The zero-order valence-corrected chi connectivity index (χ0v) is 25.0. The second-order valence-electron chi connectivity index (χ2n) is 11.8. The van der Waals surface area contributed by atoms with Crippen molar-refractivity contribution in [2.24, 2.45) is 0 Å². The molecule has 3 aliphatic rings. The van der Waals surface area contributed by atoms with E-state index in [2.05, 4.69) is 20.5 Å². The molecule has 1 spiro atoms. The number of carbonyl (C=O) groups is 2. The fourth-order valence-electron chi connectivity index (χ4n) is 6.09. The van der Waals surface area contributed by atoms with Crippen LogP contribution in [0.2, 0.25) is 0 Å². The average molecular weight is 629 g/mol. The van der Waals surface area contributed by atoms with Crippen LogP contribution in [0.25, 0.3) is 0 Å². The number of nitrogens with zero attached hydrogens (tertiary/aromatic N) is 4. The van der Waals surface area contributed by atoms with Gasteiger partial charge in [0.25, 0.3) is 5.91 Å². The monoisotopic (exact) mass is 628 g/mol. The van der Waals surface area contributed by atoms with Gasteiger partial charge >= 0.3 is 6.18 Å². The summed E-state index contributed by atoms with van der Waals surface area (Å²) in [6.45, 7) is 5.25. The number of aryl methyl sites for hydroxylation is 1. The van der Waals surface area contributed by atoms with E-state index in [1.807, 2.05) is 31.2 Å². The molecule has 4 aromatic rings. The first-order chi connectivity index (χ1) is 22.1. The molecule has 7 rings (SSSR count). The summed E-state index contributed by atoms with van der Waals surface area (Å²) < 4.78 is 45.0. The number of ether oxygens (including phenoxy) is 1. The Kier molecular flexibility index (Phi) is 7.39. The van der Waals surface area contributed by atoms with E-state index in [-0.39, 0.29) is 18.0 Å². The second-order valence-corrected chi connectivity index (χ2v) is 11.8. The van der Waals surface area contributed by atoms with E-state index in [1.165, 1.54) is 12.1 Å². The van der Waals surface area contributed by atoms with Crippen molar-refractivity contribution < 1.29 is 27.5 Å². The minimum Gasteiger partial charge on any atom is -0.378 e. The number of rotatable bonds is 6. The number of fused-ring (bicyclic) bond motifs is 2. The van der Waals surface area contributed by atoms with Crippen LogP contribution in [0.15, 0.2) is 72.9 Å². The molecule has 2 aliphatic heterocycles. The quantitative estimate of drug-likeness (QED) is 0.262. The van der Waals surface area contributed by atoms with Crippen LogP contribution in [-0.2, 0) is 27.7 Å². The van der Waals surface area contributed by atoms with Crippen LogP contribution >= 0.6 is 0 Å². The van der Waals surface area contributed by atoms with Crippen molar-refractivity contribution >= 4 is 40.5 Å². The molecule has 3 heterocycles. The van der Waals surface area contributed by atoms with Gasteiger partial charge in [-0.3, -0.25) is 9.59 Å². The first kappa shape index (κ1) is 29.7. The number of nitrogens with one attached hydrogen (secondary N) is 2. The maximum atomic E-state index is 14.0. The summed E-state index contributed by atoms with van der Waals surface area (Å²) >= 11 is 0. The number of aromatic nitrogens is 2. The number of benzene rings is 3. The highest BCUT2D eigenvalue weighted by atomic mass is 19.4. The van der Waals surface area contributed by atoms with Crippen LogP contribution in [-0.4, -0.2) is 48.1 Å². The molecule has 12 heteroatoms. The number of morpholine rings is 1. The maximum absolute atomic E-state index is 14.0. The maximum Gasteiger partial charge on any atom is 0.416 e. The molecule has 1 saturated carbocycles. The lowest BCUT2D eigenvalue weighted by Crippen LogP contribution is -2.45. The van der Waals surface area contributed by atoms with Gasteiger partial charge in [0.1, 0.15) is 0 Å². The van der Waals surface area contributed by atoms with Crippen molar-refractivity contribution in [3.63, 3.8) is 0 Å². The van der Waals surface area contributed by atoms with Gasteiger partial charge in [-0.15, -0.1) is 0 Å². The predicted octanol–water partition coefficient (Wildman–Crippen LogP) is 6.21. The zero-order valence-electron chi connectivity index (χ0n) is 25.0. The molecular formula is C34H31F3N6O3. The molecule has 1 saturated heterocycles. The molecule has 3 aromatic carbocycles. The Morgan fingerprint density at radius 3 is 2.43 bits per heavy atom. The lowest BCUT2D eigenvalue weighted by molar-refractivity contribution is -0.137. The standard InChI is InChI=1S/C34H31F3N6O3/c1-21-5-6-26(39-30(44)22-3-2-4-24(17-22)34(35,36)37)18-28(21)43-20-23-19-38-32(41-29(23)33(11-12-33)31(43)45)40-25-7-9-27(10-8-25)42-13-15-46-16-14-42/h2-10,17-19H,11-16,20H2,1H3,(H,39,44)(H,38,40,41). The highest BCUT2D eigenvalue weighted by Gasteiger charge is 2.58. The molecule has 0 atom stereocenters. The highest BCUT2D eigenvalue weighted by Crippen LogP contribution is 2.53. The van der Waals surface area contributed by atoms with Crippen LogP contribution in [0, 0.1) is 6.92 Å². The largest absolute Gasteiger partial charge is 0.416 e. The van der Waals surface area contributed by atoms with E-state index in [4.69, 9.17) is 9.72 Å². The van der Waals surface area contributed by atoms with E-state index < -0.39 is 23.1 Å². The number of anilines is 5. The summed E-state index contributed by atoms with van der Waals surface area (Å²) in [5.41, 5.74) is 3.52. The Morgan fingerprint density at radius 1 is 0.978 bits per heavy atom. The Labute approximate surface area is 263 Å². The second kappa shape index (κ2) is 11.4. The molecule has 0 radical (unpaired) electrons. The third-order valence-corrected chi connectivity index (χ3v) is 8.76. The molecule has 9 nitrogen and oxygen atoms in total. The van der Waals surface area contributed by atoms with Crippen molar-refractivity contribution in [3.05, 3.63) is 101 Å². The van der Waals surface area contributed by atoms with Gasteiger partial charge in [0.05, 0.1) is 36.4 Å². The number of amides is 2. The first-order valence-corrected chi connectivity index (χ1v) is 15.1. The van der Waals surface area contributed by atoms with Crippen LogP contribution in [0.1, 0.15) is 45.6 Å². The summed E-state index contributed by atoms with van der Waals surface area (Å²) in [5, 5.41) is 5.96. The average Bonchev–Trinajstić information content (AvgIpc) is 3.86. The van der Waals surface area contributed by atoms with Crippen molar-refractivity contribution in [3.8, 4) is 0 Å². The van der Waals surface area contributed by atoms with Gasteiger partial charge in [0, 0.05) is 53.2 Å². The predicted molar refractivity (Wildman–Crippen MR) is 167 cm³/mol. The van der Waals surface area contributed by atoms with Gasteiger partial charge < -0.3 is 25.2 Å². The normalized spacial score (nSPS) is 17.1. The third kappa shape index (κ3) is 5.64. The molecular weight excluding hydrogens is 597 g/mol. The number of alkyl halides is 3. The fourth-order valence-corrected chi connectivity index (χ4v) is 6.09. The van der Waals surface area contributed by atoms with Gasteiger partial charge in [-0.2, -0.15) is 13.2 Å². The summed E-state index contributed by atoms with van der Waals surface area (Å²) in [4.78, 5) is 40.2. The van der Waals surface area contributed by atoms with Crippen LogP contribution in [0.3, 0.4) is 0 Å². The molecule has 236 valence electrons. The van der Waals surface area contributed by atoms with Gasteiger partial charge in [0.15, 0.2) is 0 Å². The Balaban J connectivity index is 1.10. The lowest BCUT2D eigenvalue weighted by atomic mass is 9.91. The van der Waals surface area contributed by atoms with Crippen molar-refractivity contribution in [1.29, 1.82) is 0 Å². The van der Waals surface area contributed by atoms with Crippen molar-refractivity contribution in [2.75, 3.05) is 46.7 Å². The van der Waals surface area contributed by atoms with E-state index in [0.29, 0.717) is 43.4 Å². The SMILES string of the molecule is Cc1ccc(NC(=O)c2cccc(C(F)(F)F)c2)cc1N1Cc2cnc(Nc3ccc(N4CCOCC4)cc3)nc2C2(CC2)C1=O. The fraction of sp³-hybridized carbons (Fsp3) is 0.294. The van der Waals surface area contributed by atoms with Crippen LogP contribution < -0.4 is 20.4 Å². The minimum absolute atomic E-state index is 0.0797. The van der Waals surface area contributed by atoms with E-state index >= 15 is 0 Å². The first-order valence-electron chi connectivity index (χ1n) is 15.1.